The van der Waals surface area contributed by atoms with Crippen LogP contribution in [0.1, 0.15) is 82.3 Å². The second-order valence-electron chi connectivity index (χ2n) is 9.37. The second-order valence-corrected chi connectivity index (χ2v) is 9.37. The van der Waals surface area contributed by atoms with Gasteiger partial charge in [-0.2, -0.15) is 0 Å². The van der Waals surface area contributed by atoms with Gasteiger partial charge in [-0.1, -0.05) is 25.7 Å². The van der Waals surface area contributed by atoms with Crippen LogP contribution in [0.2, 0.25) is 0 Å². The molecule has 1 unspecified atom stereocenters. The fraction of sp³-hybridized carbons (Fsp3) is 0.870. The van der Waals surface area contributed by atoms with E-state index in [9.17, 15) is 0 Å². The minimum Gasteiger partial charge on any atom is -0.356 e. The first kappa shape index (κ1) is 21.6. The molecular weight excluding hydrogens is 374 g/mol. The molecule has 7 nitrogen and oxygen atoms in total. The normalized spacial score (nSPS) is 24.3. The van der Waals surface area contributed by atoms with Gasteiger partial charge in [-0.15, -0.1) is 10.2 Å². The van der Waals surface area contributed by atoms with E-state index in [0.717, 1.165) is 56.7 Å². The summed E-state index contributed by atoms with van der Waals surface area (Å²) < 4.78 is 2.36. The smallest absolute Gasteiger partial charge is 0.191 e. The largest absolute Gasteiger partial charge is 0.356 e. The van der Waals surface area contributed by atoms with E-state index in [1.165, 1.54) is 76.6 Å². The average molecular weight is 416 g/mol. The molecule has 3 heterocycles. The van der Waals surface area contributed by atoms with Crippen molar-refractivity contribution in [2.24, 2.45) is 4.99 Å². The molecule has 0 radical (unpaired) electrons. The van der Waals surface area contributed by atoms with E-state index in [0.29, 0.717) is 6.04 Å². The van der Waals surface area contributed by atoms with Crippen molar-refractivity contribution < 1.29 is 0 Å². The topological polar surface area (TPSA) is 70.4 Å². The van der Waals surface area contributed by atoms with Crippen molar-refractivity contribution in [3.63, 3.8) is 0 Å². The Labute approximate surface area is 182 Å². The van der Waals surface area contributed by atoms with Gasteiger partial charge < -0.3 is 15.2 Å². The monoisotopic (exact) mass is 415 g/mol. The summed E-state index contributed by atoms with van der Waals surface area (Å²) in [4.78, 5) is 7.22. The van der Waals surface area contributed by atoms with Crippen molar-refractivity contribution in [3.8, 4) is 0 Å². The van der Waals surface area contributed by atoms with Crippen molar-refractivity contribution >= 4 is 5.96 Å². The number of guanidine groups is 1. The highest BCUT2D eigenvalue weighted by molar-refractivity contribution is 5.79. The van der Waals surface area contributed by atoms with Crippen LogP contribution in [0, 0.1) is 0 Å². The van der Waals surface area contributed by atoms with E-state index in [1.807, 2.05) is 7.05 Å². The van der Waals surface area contributed by atoms with E-state index in [-0.39, 0.29) is 0 Å². The van der Waals surface area contributed by atoms with Crippen molar-refractivity contribution in [3.05, 3.63) is 11.6 Å². The molecule has 2 N–H and O–H groups in total. The maximum absolute atomic E-state index is 4.48. The molecule has 1 saturated carbocycles. The summed E-state index contributed by atoms with van der Waals surface area (Å²) >= 11 is 0. The molecule has 1 aliphatic carbocycles. The van der Waals surface area contributed by atoms with Crippen molar-refractivity contribution in [2.75, 3.05) is 26.7 Å². The molecule has 1 aromatic heterocycles. The van der Waals surface area contributed by atoms with E-state index >= 15 is 0 Å². The summed E-state index contributed by atoms with van der Waals surface area (Å²) in [5.41, 5.74) is 0. The van der Waals surface area contributed by atoms with Gasteiger partial charge in [-0.05, 0) is 51.5 Å². The maximum atomic E-state index is 4.48. The fourth-order valence-electron chi connectivity index (χ4n) is 5.47. The van der Waals surface area contributed by atoms with Gasteiger partial charge in [0.1, 0.15) is 11.6 Å². The lowest BCUT2D eigenvalue weighted by Gasteiger charge is -2.40. The summed E-state index contributed by atoms with van der Waals surface area (Å²) in [5.74, 6) is 3.30. The molecule has 0 aromatic carbocycles. The Morgan fingerprint density at radius 1 is 1.00 bits per heavy atom. The lowest BCUT2D eigenvalue weighted by Crippen LogP contribution is -2.53. The maximum Gasteiger partial charge on any atom is 0.191 e. The first-order valence-corrected chi connectivity index (χ1v) is 12.5. The van der Waals surface area contributed by atoms with E-state index in [1.54, 1.807) is 0 Å². The molecule has 0 amide bonds. The van der Waals surface area contributed by atoms with Gasteiger partial charge in [-0.3, -0.25) is 9.89 Å². The highest BCUT2D eigenvalue weighted by Crippen LogP contribution is 2.25. The molecule has 1 aromatic rings. The van der Waals surface area contributed by atoms with Gasteiger partial charge in [-0.25, -0.2) is 0 Å². The van der Waals surface area contributed by atoms with E-state index in [4.69, 9.17) is 0 Å². The number of aromatic nitrogens is 3. The number of hydrogen-bond acceptors (Lipinski definition) is 4. The van der Waals surface area contributed by atoms with Gasteiger partial charge in [0, 0.05) is 51.6 Å². The molecule has 0 bridgehead atoms. The average Bonchev–Trinajstić information content (AvgIpc) is 3.02. The van der Waals surface area contributed by atoms with Crippen LogP contribution in [-0.4, -0.2) is 64.4 Å². The third-order valence-corrected chi connectivity index (χ3v) is 7.16. The predicted molar refractivity (Wildman–Crippen MR) is 122 cm³/mol. The minimum atomic E-state index is 0.513. The molecule has 2 aliphatic heterocycles. The molecule has 3 aliphatic rings. The quantitative estimate of drug-likeness (QED) is 0.425. The van der Waals surface area contributed by atoms with Crippen molar-refractivity contribution in [1.82, 2.24) is 30.3 Å². The molecule has 1 saturated heterocycles. The number of nitrogens with zero attached hydrogens (tertiary/aromatic N) is 5. The summed E-state index contributed by atoms with van der Waals surface area (Å²) in [6, 6.07) is 1.33. The molecule has 0 spiro atoms. The molecular formula is C23H41N7. The Morgan fingerprint density at radius 3 is 2.73 bits per heavy atom. The predicted octanol–water partition coefficient (Wildman–Crippen LogP) is 2.90. The van der Waals surface area contributed by atoms with Crippen LogP contribution in [0.15, 0.2) is 4.99 Å². The van der Waals surface area contributed by atoms with E-state index < -0.39 is 0 Å². The zero-order valence-electron chi connectivity index (χ0n) is 18.9. The highest BCUT2D eigenvalue weighted by Gasteiger charge is 2.27. The molecule has 2 fully saturated rings. The Bertz CT molecular complexity index is 677. The lowest BCUT2D eigenvalue weighted by molar-refractivity contribution is 0.115. The minimum absolute atomic E-state index is 0.513. The third-order valence-electron chi connectivity index (χ3n) is 7.16. The van der Waals surface area contributed by atoms with Crippen LogP contribution < -0.4 is 10.6 Å². The summed E-state index contributed by atoms with van der Waals surface area (Å²) in [5, 5.41) is 16.1. The summed E-state index contributed by atoms with van der Waals surface area (Å²) in [7, 11) is 1.88. The number of piperidine rings is 1. The van der Waals surface area contributed by atoms with Crippen LogP contribution in [0.25, 0.3) is 0 Å². The fourth-order valence-corrected chi connectivity index (χ4v) is 5.47. The Kier molecular flexibility index (Phi) is 8.01. The number of aryl methyl sites for hydroxylation is 2. The van der Waals surface area contributed by atoms with Crippen molar-refractivity contribution in [1.29, 1.82) is 0 Å². The number of hydrogen-bond donors (Lipinski definition) is 2. The van der Waals surface area contributed by atoms with Crippen LogP contribution in [-0.2, 0) is 19.4 Å². The standard InChI is InChI=1S/C23H41N7/c1-24-23(26-19-10-9-16-29(18-19)20-11-4-2-5-12-20)25-15-8-14-22-28-27-21-13-6-3-7-17-30(21)22/h19-20H,2-18H2,1H3,(H2,24,25,26). The van der Waals surface area contributed by atoms with Gasteiger partial charge >= 0.3 is 0 Å². The second kappa shape index (κ2) is 11.1. The number of rotatable bonds is 6. The first-order chi connectivity index (χ1) is 14.8. The lowest BCUT2D eigenvalue weighted by atomic mass is 9.92. The molecule has 7 heteroatoms. The van der Waals surface area contributed by atoms with Crippen LogP contribution in [0.3, 0.4) is 0 Å². The first-order valence-electron chi connectivity index (χ1n) is 12.5. The summed E-state index contributed by atoms with van der Waals surface area (Å²) in [6.07, 6.45) is 16.5. The Balaban J connectivity index is 1.19. The number of aliphatic imine (C=N–C) groups is 1. The zero-order valence-corrected chi connectivity index (χ0v) is 18.9. The van der Waals surface area contributed by atoms with Crippen molar-refractivity contribution in [2.45, 2.75) is 102 Å². The highest BCUT2D eigenvalue weighted by atomic mass is 15.3. The Hall–Kier alpha value is -1.63. The zero-order chi connectivity index (χ0) is 20.6. The third kappa shape index (κ3) is 5.74. The molecule has 30 heavy (non-hydrogen) atoms. The SMILES string of the molecule is CN=C(NCCCc1nnc2n1CCCCC2)NC1CCCN(C2CCCCC2)C1. The van der Waals surface area contributed by atoms with Gasteiger partial charge in [0.25, 0.3) is 0 Å². The van der Waals surface area contributed by atoms with Crippen LogP contribution in [0.5, 0.6) is 0 Å². The van der Waals surface area contributed by atoms with Gasteiger partial charge in [0.2, 0.25) is 0 Å². The van der Waals surface area contributed by atoms with Crippen LogP contribution >= 0.6 is 0 Å². The Morgan fingerprint density at radius 2 is 1.87 bits per heavy atom. The van der Waals surface area contributed by atoms with Gasteiger partial charge in [0.15, 0.2) is 5.96 Å². The van der Waals surface area contributed by atoms with Gasteiger partial charge in [0.05, 0.1) is 0 Å². The molecule has 168 valence electrons. The molecule has 4 rings (SSSR count). The van der Waals surface area contributed by atoms with Crippen LogP contribution in [0.4, 0.5) is 0 Å². The van der Waals surface area contributed by atoms with E-state index in [2.05, 4.69) is 35.3 Å². The molecule has 1 atom stereocenters. The number of fused-ring (bicyclic) bond motifs is 1. The summed E-state index contributed by atoms with van der Waals surface area (Å²) in [6.45, 7) is 4.45. The number of likely N-dealkylation sites (tertiary alicyclic amines) is 1. The number of nitrogens with one attached hydrogen (secondary N) is 2.